The average molecular weight is 339 g/mol. The van der Waals surface area contributed by atoms with Crippen LogP contribution >= 0.6 is 12.2 Å². The molecule has 120 valence electrons. The minimum Gasteiger partial charge on any atom is -0.327 e. The van der Waals surface area contributed by atoms with E-state index in [0.717, 1.165) is 5.56 Å². The Hall–Kier alpha value is -3.06. The largest absolute Gasteiger partial charge is 0.327 e. The van der Waals surface area contributed by atoms with Crippen molar-refractivity contribution in [3.63, 3.8) is 0 Å². The summed E-state index contributed by atoms with van der Waals surface area (Å²) in [5, 5.41) is 14.0. The number of rotatable bonds is 3. The summed E-state index contributed by atoms with van der Waals surface area (Å²) in [6.45, 7) is 1.96. The number of thiocarbonyl (C=S) groups is 1. The molecule has 0 aromatic heterocycles. The molecular weight excluding hydrogens is 326 g/mol. The van der Waals surface area contributed by atoms with Crippen LogP contribution in [-0.4, -0.2) is 15.9 Å². The smallest absolute Gasteiger partial charge is 0.281 e. The minimum absolute atomic E-state index is 0.0345. The molecule has 7 heteroatoms. The molecule has 2 aromatic rings. The summed E-state index contributed by atoms with van der Waals surface area (Å²) >= 11 is 5.24. The van der Waals surface area contributed by atoms with Gasteiger partial charge in [-0.05, 0) is 42.9 Å². The second-order valence-electron chi connectivity index (χ2n) is 5.32. The molecule has 1 N–H and O–H groups in total. The molecule has 0 radical (unpaired) electrons. The minimum atomic E-state index is -0.477. The fourth-order valence-electron chi connectivity index (χ4n) is 2.36. The monoisotopic (exact) mass is 339 g/mol. The Labute approximate surface area is 143 Å². The highest BCUT2D eigenvalue weighted by atomic mass is 32.1. The first-order valence-electron chi connectivity index (χ1n) is 7.14. The van der Waals surface area contributed by atoms with E-state index < -0.39 is 4.92 Å². The molecule has 1 aliphatic heterocycles. The molecule has 0 spiro atoms. The molecule has 0 bridgehead atoms. The van der Waals surface area contributed by atoms with Gasteiger partial charge in [-0.15, -0.1) is 0 Å². The lowest BCUT2D eigenvalue weighted by molar-refractivity contribution is -0.384. The number of non-ortho nitro benzene ring substituents is 1. The molecule has 1 heterocycles. The van der Waals surface area contributed by atoms with Gasteiger partial charge in [0, 0.05) is 12.1 Å². The highest BCUT2D eigenvalue weighted by Crippen LogP contribution is 2.23. The van der Waals surface area contributed by atoms with Crippen LogP contribution in [0, 0.1) is 17.0 Å². The van der Waals surface area contributed by atoms with Crippen LogP contribution in [0.25, 0.3) is 6.08 Å². The Morgan fingerprint density at radius 1 is 1.21 bits per heavy atom. The molecule has 0 atom stereocenters. The van der Waals surface area contributed by atoms with Crippen molar-refractivity contribution >= 4 is 40.7 Å². The van der Waals surface area contributed by atoms with Gasteiger partial charge in [0.05, 0.1) is 10.6 Å². The summed E-state index contributed by atoms with van der Waals surface area (Å²) in [6.07, 6.45) is 1.55. The van der Waals surface area contributed by atoms with Crippen molar-refractivity contribution in [2.24, 2.45) is 0 Å². The van der Waals surface area contributed by atoms with Crippen LogP contribution in [0.3, 0.4) is 0 Å². The van der Waals surface area contributed by atoms with Crippen molar-refractivity contribution in [1.29, 1.82) is 0 Å². The number of benzene rings is 2. The topological polar surface area (TPSA) is 75.5 Å². The Balaban J connectivity index is 1.92. The van der Waals surface area contributed by atoms with E-state index in [-0.39, 0.29) is 22.4 Å². The second-order valence-corrected chi connectivity index (χ2v) is 5.70. The van der Waals surface area contributed by atoms with Gasteiger partial charge in [-0.1, -0.05) is 29.8 Å². The third kappa shape index (κ3) is 3.02. The normalized spacial score (nSPS) is 15.7. The SMILES string of the molecule is Cc1ccc(N2C(=O)/C(=C/c3cccc([N+](=O)[O-])c3)NC2=S)cc1. The Morgan fingerprint density at radius 3 is 2.58 bits per heavy atom. The average Bonchev–Trinajstić information content (AvgIpc) is 2.83. The van der Waals surface area contributed by atoms with Gasteiger partial charge in [0.2, 0.25) is 0 Å². The van der Waals surface area contributed by atoms with E-state index in [9.17, 15) is 14.9 Å². The fourth-order valence-corrected chi connectivity index (χ4v) is 2.66. The number of nitrogens with one attached hydrogen (secondary N) is 1. The van der Waals surface area contributed by atoms with Gasteiger partial charge in [0.1, 0.15) is 5.70 Å². The number of nitro benzene ring substituents is 1. The van der Waals surface area contributed by atoms with Crippen molar-refractivity contribution in [1.82, 2.24) is 5.32 Å². The van der Waals surface area contributed by atoms with Gasteiger partial charge in [-0.3, -0.25) is 19.8 Å². The number of amides is 1. The maximum Gasteiger partial charge on any atom is 0.281 e. The van der Waals surface area contributed by atoms with E-state index in [4.69, 9.17) is 12.2 Å². The Bertz CT molecular complexity index is 875. The molecule has 24 heavy (non-hydrogen) atoms. The number of hydrogen-bond acceptors (Lipinski definition) is 4. The number of carbonyl (C=O) groups is 1. The second kappa shape index (κ2) is 6.21. The van der Waals surface area contributed by atoms with Gasteiger partial charge >= 0.3 is 0 Å². The summed E-state index contributed by atoms with van der Waals surface area (Å²) in [5.41, 5.74) is 2.55. The maximum atomic E-state index is 12.6. The first kappa shape index (κ1) is 15.8. The molecule has 0 unspecified atom stereocenters. The van der Waals surface area contributed by atoms with Gasteiger partial charge < -0.3 is 5.32 Å². The zero-order chi connectivity index (χ0) is 17.3. The van der Waals surface area contributed by atoms with Gasteiger partial charge in [0.25, 0.3) is 11.6 Å². The highest BCUT2D eigenvalue weighted by Gasteiger charge is 2.31. The summed E-state index contributed by atoms with van der Waals surface area (Å²) < 4.78 is 0. The molecule has 1 aliphatic rings. The lowest BCUT2D eigenvalue weighted by Crippen LogP contribution is -2.30. The standard InChI is InChI=1S/C17H13N3O3S/c1-11-5-7-13(8-6-11)19-16(21)15(18-17(19)24)10-12-3-2-4-14(9-12)20(22)23/h2-10H,1H3,(H,18,24)/b15-10-. The summed E-state index contributed by atoms with van der Waals surface area (Å²) in [4.78, 5) is 24.4. The molecule has 6 nitrogen and oxygen atoms in total. The highest BCUT2D eigenvalue weighted by molar-refractivity contribution is 7.80. The van der Waals surface area contributed by atoms with Gasteiger partial charge in [-0.25, -0.2) is 0 Å². The molecule has 1 saturated heterocycles. The van der Waals surface area contributed by atoms with E-state index in [2.05, 4.69) is 5.32 Å². The molecule has 1 amide bonds. The molecule has 0 saturated carbocycles. The number of nitrogens with zero attached hydrogens (tertiary/aromatic N) is 2. The number of nitro groups is 1. The van der Waals surface area contributed by atoms with Crippen LogP contribution in [0.1, 0.15) is 11.1 Å². The number of hydrogen-bond donors (Lipinski definition) is 1. The van der Waals surface area contributed by atoms with E-state index >= 15 is 0 Å². The van der Waals surface area contributed by atoms with Crippen LogP contribution in [-0.2, 0) is 4.79 Å². The molecule has 3 rings (SSSR count). The van der Waals surface area contributed by atoms with Gasteiger partial charge in [0.15, 0.2) is 5.11 Å². The van der Waals surface area contributed by atoms with E-state index in [1.807, 2.05) is 31.2 Å². The third-order valence-corrected chi connectivity index (χ3v) is 3.85. The van der Waals surface area contributed by atoms with Crippen molar-refractivity contribution in [2.45, 2.75) is 6.92 Å². The van der Waals surface area contributed by atoms with Crippen LogP contribution in [0.15, 0.2) is 54.2 Å². The van der Waals surface area contributed by atoms with E-state index in [1.165, 1.54) is 17.0 Å². The number of aryl methyl sites for hydroxylation is 1. The molecular formula is C17H13N3O3S. The third-order valence-electron chi connectivity index (χ3n) is 3.56. The van der Waals surface area contributed by atoms with Crippen molar-refractivity contribution in [3.8, 4) is 0 Å². The predicted octanol–water partition coefficient (Wildman–Crippen LogP) is 3.17. The Morgan fingerprint density at radius 2 is 1.92 bits per heavy atom. The zero-order valence-electron chi connectivity index (χ0n) is 12.7. The van der Waals surface area contributed by atoms with Crippen molar-refractivity contribution < 1.29 is 9.72 Å². The summed E-state index contributed by atoms with van der Waals surface area (Å²) in [7, 11) is 0. The summed E-state index contributed by atoms with van der Waals surface area (Å²) in [5.74, 6) is -0.296. The molecule has 2 aromatic carbocycles. The molecule has 0 aliphatic carbocycles. The number of carbonyl (C=O) groups excluding carboxylic acids is 1. The number of anilines is 1. The van der Waals surface area contributed by atoms with Crippen LogP contribution < -0.4 is 10.2 Å². The predicted molar refractivity (Wildman–Crippen MR) is 95.5 cm³/mol. The maximum absolute atomic E-state index is 12.6. The lowest BCUT2D eigenvalue weighted by Gasteiger charge is -2.13. The first-order valence-corrected chi connectivity index (χ1v) is 7.55. The quantitative estimate of drug-likeness (QED) is 0.402. The van der Waals surface area contributed by atoms with Crippen LogP contribution in [0.5, 0.6) is 0 Å². The Kier molecular flexibility index (Phi) is 4.09. The van der Waals surface area contributed by atoms with Crippen LogP contribution in [0.2, 0.25) is 0 Å². The zero-order valence-corrected chi connectivity index (χ0v) is 13.5. The summed E-state index contributed by atoms with van der Waals surface area (Å²) in [6, 6.07) is 13.5. The van der Waals surface area contributed by atoms with Gasteiger partial charge in [-0.2, -0.15) is 0 Å². The van der Waals surface area contributed by atoms with E-state index in [0.29, 0.717) is 11.3 Å². The van der Waals surface area contributed by atoms with E-state index in [1.54, 1.807) is 18.2 Å². The van der Waals surface area contributed by atoms with Crippen molar-refractivity contribution in [2.75, 3.05) is 4.90 Å². The van der Waals surface area contributed by atoms with Crippen molar-refractivity contribution in [3.05, 3.63) is 75.5 Å². The fraction of sp³-hybridized carbons (Fsp3) is 0.0588. The first-order chi connectivity index (χ1) is 11.5. The molecule has 1 fully saturated rings. The van der Waals surface area contributed by atoms with Crippen LogP contribution in [0.4, 0.5) is 11.4 Å². The lowest BCUT2D eigenvalue weighted by atomic mass is 10.1.